The van der Waals surface area contributed by atoms with Crippen molar-refractivity contribution in [3.8, 4) is 28.6 Å². The molecular weight excluding hydrogens is 331 g/mol. The van der Waals surface area contributed by atoms with Crippen LogP contribution < -0.4 is 0 Å². The second-order valence-corrected chi connectivity index (χ2v) is 6.91. The van der Waals surface area contributed by atoms with Crippen LogP contribution in [0.25, 0.3) is 22.8 Å². The maximum absolute atomic E-state index is 14.0. The van der Waals surface area contributed by atoms with Gasteiger partial charge in [-0.2, -0.15) is 4.98 Å². The number of halogens is 2. The van der Waals surface area contributed by atoms with E-state index in [4.69, 9.17) is 16.1 Å². The number of benzene rings is 2. The zero-order valence-electron chi connectivity index (χ0n) is 13.5. The van der Waals surface area contributed by atoms with Gasteiger partial charge in [0.05, 0.1) is 16.1 Å². The van der Waals surface area contributed by atoms with Gasteiger partial charge in [-0.3, -0.25) is 0 Å². The van der Waals surface area contributed by atoms with Gasteiger partial charge in [-0.15, -0.1) is 0 Å². The Hall–Kier alpha value is -2.40. The average Bonchev–Trinajstić information content (AvgIpc) is 2.95. The van der Waals surface area contributed by atoms with Crippen molar-refractivity contribution < 1.29 is 14.0 Å². The Morgan fingerprint density at radius 1 is 1.17 bits per heavy atom. The molecule has 0 radical (unpaired) electrons. The van der Waals surface area contributed by atoms with Crippen LogP contribution in [0.3, 0.4) is 0 Å². The van der Waals surface area contributed by atoms with Crippen molar-refractivity contribution in [2.24, 2.45) is 0 Å². The summed E-state index contributed by atoms with van der Waals surface area (Å²) in [4.78, 5) is 4.19. The molecule has 0 fully saturated rings. The highest BCUT2D eigenvalue weighted by Gasteiger charge is 2.21. The molecule has 0 aliphatic heterocycles. The highest BCUT2D eigenvalue weighted by molar-refractivity contribution is 6.33. The number of hydrogen-bond donors (Lipinski definition) is 1. The fourth-order valence-corrected chi connectivity index (χ4v) is 2.56. The standard InChI is InChI=1S/C18H16ClFN2O2/c1-18(2,3)10-7-8-14(23)11(9-10)16-21-17(24-22-16)15-12(19)5-4-6-13(15)20/h4-9,23H,1-3H3. The number of nitrogens with zero attached hydrogens (tertiary/aromatic N) is 2. The Morgan fingerprint density at radius 2 is 1.92 bits per heavy atom. The number of hydrogen-bond acceptors (Lipinski definition) is 4. The van der Waals surface area contributed by atoms with E-state index in [1.807, 2.05) is 6.07 Å². The van der Waals surface area contributed by atoms with Crippen LogP contribution in [0.1, 0.15) is 26.3 Å². The normalized spacial score (nSPS) is 11.7. The lowest BCUT2D eigenvalue weighted by Crippen LogP contribution is -2.10. The van der Waals surface area contributed by atoms with Crippen LogP contribution in [-0.4, -0.2) is 15.2 Å². The molecule has 1 N–H and O–H groups in total. The molecule has 4 nitrogen and oxygen atoms in total. The largest absolute Gasteiger partial charge is 0.507 e. The summed E-state index contributed by atoms with van der Waals surface area (Å²) >= 11 is 6.02. The summed E-state index contributed by atoms with van der Waals surface area (Å²) in [6.07, 6.45) is 0. The van der Waals surface area contributed by atoms with Gasteiger partial charge in [-0.25, -0.2) is 4.39 Å². The first-order valence-corrected chi connectivity index (χ1v) is 7.77. The highest BCUT2D eigenvalue weighted by atomic mass is 35.5. The van der Waals surface area contributed by atoms with E-state index < -0.39 is 5.82 Å². The van der Waals surface area contributed by atoms with Gasteiger partial charge in [0.2, 0.25) is 5.82 Å². The minimum atomic E-state index is -0.551. The lowest BCUT2D eigenvalue weighted by atomic mass is 9.86. The molecule has 2 aromatic carbocycles. The molecule has 0 saturated carbocycles. The highest BCUT2D eigenvalue weighted by Crippen LogP contribution is 2.35. The molecule has 1 aromatic heterocycles. The summed E-state index contributed by atoms with van der Waals surface area (Å²) in [5.74, 6) is -0.387. The van der Waals surface area contributed by atoms with Crippen LogP contribution in [0, 0.1) is 5.82 Å². The van der Waals surface area contributed by atoms with Crippen LogP contribution in [0.5, 0.6) is 5.75 Å². The first-order chi connectivity index (χ1) is 11.3. The summed E-state index contributed by atoms with van der Waals surface area (Å²) < 4.78 is 19.1. The number of phenols is 1. The molecule has 0 aliphatic carbocycles. The van der Waals surface area contributed by atoms with Gasteiger partial charge in [-0.1, -0.05) is 49.7 Å². The van der Waals surface area contributed by atoms with Crippen molar-refractivity contribution in [2.75, 3.05) is 0 Å². The summed E-state index contributed by atoms with van der Waals surface area (Å²) in [6.45, 7) is 6.18. The quantitative estimate of drug-likeness (QED) is 0.692. The molecule has 0 bridgehead atoms. The third-order valence-electron chi connectivity index (χ3n) is 3.71. The van der Waals surface area contributed by atoms with Crippen molar-refractivity contribution >= 4 is 11.6 Å². The number of aromatic nitrogens is 2. The Labute approximate surface area is 143 Å². The molecule has 0 spiro atoms. The van der Waals surface area contributed by atoms with Gasteiger partial charge in [0.15, 0.2) is 0 Å². The molecule has 0 amide bonds. The number of phenolic OH excluding ortho intramolecular Hbond substituents is 1. The summed E-state index contributed by atoms with van der Waals surface area (Å²) in [5, 5.41) is 14.2. The van der Waals surface area contributed by atoms with Gasteiger partial charge in [-0.05, 0) is 35.2 Å². The van der Waals surface area contributed by atoms with E-state index in [0.717, 1.165) is 5.56 Å². The molecule has 1 heterocycles. The maximum Gasteiger partial charge on any atom is 0.262 e. The van der Waals surface area contributed by atoms with Crippen LogP contribution in [-0.2, 0) is 5.41 Å². The van der Waals surface area contributed by atoms with Crippen molar-refractivity contribution in [3.05, 3.63) is 52.8 Å². The molecular formula is C18H16ClFN2O2. The Bertz CT molecular complexity index is 880. The zero-order valence-corrected chi connectivity index (χ0v) is 14.2. The predicted octanol–water partition coefficient (Wildman–Crippen LogP) is 5.20. The van der Waals surface area contributed by atoms with Crippen molar-refractivity contribution in [1.29, 1.82) is 0 Å². The molecule has 6 heteroatoms. The monoisotopic (exact) mass is 346 g/mol. The molecule has 0 aliphatic rings. The van der Waals surface area contributed by atoms with E-state index in [1.165, 1.54) is 12.1 Å². The Kier molecular flexibility index (Phi) is 4.05. The summed E-state index contributed by atoms with van der Waals surface area (Å²) in [5.41, 5.74) is 1.36. The minimum Gasteiger partial charge on any atom is -0.507 e. The van der Waals surface area contributed by atoms with E-state index in [2.05, 4.69) is 30.9 Å². The molecule has 0 saturated heterocycles. The predicted molar refractivity (Wildman–Crippen MR) is 90.5 cm³/mol. The van der Waals surface area contributed by atoms with Gasteiger partial charge in [0, 0.05) is 0 Å². The second-order valence-electron chi connectivity index (χ2n) is 6.50. The molecule has 0 unspecified atom stereocenters. The zero-order chi connectivity index (χ0) is 17.5. The second kappa shape index (κ2) is 5.91. The van der Waals surface area contributed by atoms with Crippen LogP contribution in [0.15, 0.2) is 40.9 Å². The topological polar surface area (TPSA) is 59.2 Å². The van der Waals surface area contributed by atoms with Crippen LogP contribution >= 0.6 is 11.6 Å². The maximum atomic E-state index is 14.0. The minimum absolute atomic E-state index is 0.0231. The van der Waals surface area contributed by atoms with Gasteiger partial charge < -0.3 is 9.63 Å². The molecule has 124 valence electrons. The SMILES string of the molecule is CC(C)(C)c1ccc(O)c(-c2noc(-c3c(F)cccc3Cl)n2)c1. The van der Waals surface area contributed by atoms with E-state index >= 15 is 0 Å². The van der Waals surface area contributed by atoms with E-state index in [0.29, 0.717) is 5.56 Å². The van der Waals surface area contributed by atoms with Crippen molar-refractivity contribution in [2.45, 2.75) is 26.2 Å². The molecule has 3 rings (SSSR count). The van der Waals surface area contributed by atoms with Crippen molar-refractivity contribution in [1.82, 2.24) is 10.1 Å². The Balaban J connectivity index is 2.09. The van der Waals surface area contributed by atoms with Gasteiger partial charge >= 0.3 is 0 Å². The Morgan fingerprint density at radius 3 is 2.58 bits per heavy atom. The van der Waals surface area contributed by atoms with Gasteiger partial charge in [0.25, 0.3) is 5.89 Å². The summed E-state index contributed by atoms with van der Waals surface area (Å²) in [7, 11) is 0. The number of aromatic hydroxyl groups is 1. The van der Waals surface area contributed by atoms with E-state index in [1.54, 1.807) is 18.2 Å². The molecule has 3 aromatic rings. The van der Waals surface area contributed by atoms with Crippen molar-refractivity contribution in [3.63, 3.8) is 0 Å². The van der Waals surface area contributed by atoms with Crippen LogP contribution in [0.2, 0.25) is 5.02 Å². The molecule has 24 heavy (non-hydrogen) atoms. The van der Waals surface area contributed by atoms with E-state index in [-0.39, 0.29) is 33.5 Å². The summed E-state index contributed by atoms with van der Waals surface area (Å²) in [6, 6.07) is 9.53. The lowest BCUT2D eigenvalue weighted by Gasteiger charge is -2.19. The first-order valence-electron chi connectivity index (χ1n) is 7.39. The molecule has 0 atom stereocenters. The fraction of sp³-hybridized carbons (Fsp3) is 0.222. The smallest absolute Gasteiger partial charge is 0.262 e. The first kappa shape index (κ1) is 16.5. The van der Waals surface area contributed by atoms with E-state index in [9.17, 15) is 9.50 Å². The average molecular weight is 347 g/mol. The lowest BCUT2D eigenvalue weighted by molar-refractivity contribution is 0.428. The van der Waals surface area contributed by atoms with Gasteiger partial charge in [0.1, 0.15) is 11.6 Å². The third kappa shape index (κ3) is 2.99. The third-order valence-corrected chi connectivity index (χ3v) is 4.02. The van der Waals surface area contributed by atoms with Crippen LogP contribution in [0.4, 0.5) is 4.39 Å². The fourth-order valence-electron chi connectivity index (χ4n) is 2.32. The number of rotatable bonds is 2.